The Bertz CT molecular complexity index is 88.3. The van der Waals surface area contributed by atoms with Crippen molar-refractivity contribution >= 4 is 6.21 Å². The van der Waals surface area contributed by atoms with Crippen molar-refractivity contribution in [1.29, 1.82) is 0 Å². The molecular weight excluding hydrogens is 88.1 g/mol. The maximum Gasteiger partial charge on any atom is 0.0448 e. The third-order valence-electron chi connectivity index (χ3n) is 0.427. The summed E-state index contributed by atoms with van der Waals surface area (Å²) in [5, 5.41) is 0. The van der Waals surface area contributed by atoms with E-state index in [2.05, 4.69) is 4.99 Å². The Kier molecular flexibility index (Phi) is 3.02. The van der Waals surface area contributed by atoms with Crippen LogP contribution in [0.25, 0.3) is 0 Å². The van der Waals surface area contributed by atoms with Crippen LogP contribution in [0.2, 0.25) is 0 Å². The quantitative estimate of drug-likeness (QED) is 0.486. The predicted molar refractivity (Wildman–Crippen MR) is 32.1 cm³/mol. The second kappa shape index (κ2) is 3.40. The van der Waals surface area contributed by atoms with E-state index in [0.717, 1.165) is 5.70 Å². The van der Waals surface area contributed by atoms with Gasteiger partial charge in [-0.1, -0.05) is 0 Å². The van der Waals surface area contributed by atoms with E-state index >= 15 is 0 Å². The van der Waals surface area contributed by atoms with Crippen LogP contribution in [0.1, 0.15) is 13.8 Å². The molecule has 2 nitrogen and oxygen atoms in total. The van der Waals surface area contributed by atoms with Gasteiger partial charge in [-0.2, -0.15) is 0 Å². The van der Waals surface area contributed by atoms with Crippen LogP contribution in [-0.4, -0.2) is 6.21 Å². The van der Waals surface area contributed by atoms with Gasteiger partial charge in [-0.25, -0.2) is 0 Å². The smallest absolute Gasteiger partial charge is 0.0448 e. The van der Waals surface area contributed by atoms with Gasteiger partial charge in [0.05, 0.1) is 0 Å². The molecule has 0 aromatic heterocycles. The number of hydrogen-bond acceptors (Lipinski definition) is 2. The van der Waals surface area contributed by atoms with Crippen LogP contribution in [0.5, 0.6) is 0 Å². The van der Waals surface area contributed by atoms with Gasteiger partial charge in [0.25, 0.3) is 0 Å². The molecule has 0 amide bonds. The molecule has 0 saturated carbocycles. The molecule has 40 valence electrons. The second-order valence-corrected chi connectivity index (χ2v) is 1.28. The number of hydrogen-bond donors (Lipinski definition) is 1. The molecular formula is C5H10N2. The summed E-state index contributed by atoms with van der Waals surface area (Å²) in [4.78, 5) is 3.76. The van der Waals surface area contributed by atoms with Crippen molar-refractivity contribution in [3.63, 3.8) is 0 Å². The molecule has 0 rings (SSSR count). The van der Waals surface area contributed by atoms with Crippen molar-refractivity contribution in [3.8, 4) is 0 Å². The molecule has 0 aromatic carbocycles. The van der Waals surface area contributed by atoms with E-state index in [0.29, 0.717) is 0 Å². The van der Waals surface area contributed by atoms with E-state index in [1.54, 1.807) is 19.3 Å². The minimum absolute atomic E-state index is 0.734. The highest BCUT2D eigenvalue weighted by Gasteiger charge is 1.66. The Balaban J connectivity index is 3.46. The summed E-state index contributed by atoms with van der Waals surface area (Å²) in [5.74, 6) is 0. The summed E-state index contributed by atoms with van der Waals surface area (Å²) in [6.07, 6.45) is 3.30. The maximum atomic E-state index is 5.23. The predicted octanol–water partition coefficient (Wildman–Crippen LogP) is 0.897. The van der Waals surface area contributed by atoms with Crippen molar-refractivity contribution in [2.24, 2.45) is 10.7 Å². The van der Waals surface area contributed by atoms with Crippen molar-refractivity contribution in [3.05, 3.63) is 11.9 Å². The van der Waals surface area contributed by atoms with Gasteiger partial charge in [-0.3, -0.25) is 4.99 Å². The number of nitrogens with zero attached hydrogens (tertiary/aromatic N) is 1. The molecule has 7 heavy (non-hydrogen) atoms. The lowest BCUT2D eigenvalue weighted by Crippen LogP contribution is -1.87. The van der Waals surface area contributed by atoms with Gasteiger partial charge in [0, 0.05) is 18.1 Å². The molecule has 2 N–H and O–H groups in total. The van der Waals surface area contributed by atoms with E-state index in [4.69, 9.17) is 5.73 Å². The monoisotopic (exact) mass is 98.1 g/mol. The van der Waals surface area contributed by atoms with Crippen molar-refractivity contribution in [2.75, 3.05) is 0 Å². The zero-order valence-electron chi connectivity index (χ0n) is 4.68. The molecule has 2 heteroatoms. The standard InChI is InChI=1S/C5H10N2/c1-3-7-4-5(2)6/h3-4H,6H2,1-2H3/b5-4+,7-3-. The largest absolute Gasteiger partial charge is 0.401 e. The molecule has 0 aliphatic carbocycles. The zero-order valence-corrected chi connectivity index (χ0v) is 4.68. The second-order valence-electron chi connectivity index (χ2n) is 1.28. The Morgan fingerprint density at radius 3 is 2.43 bits per heavy atom. The van der Waals surface area contributed by atoms with Crippen molar-refractivity contribution in [1.82, 2.24) is 0 Å². The fraction of sp³-hybridized carbons (Fsp3) is 0.400. The molecule has 0 unspecified atom stereocenters. The fourth-order valence-electron chi connectivity index (χ4n) is 0.192. The molecule has 0 spiro atoms. The molecule has 0 radical (unpaired) electrons. The summed E-state index contributed by atoms with van der Waals surface area (Å²) in [7, 11) is 0. The Labute approximate surface area is 43.7 Å². The number of aliphatic imine (C=N–C) groups is 1. The first-order valence-corrected chi connectivity index (χ1v) is 2.17. The Morgan fingerprint density at radius 1 is 1.71 bits per heavy atom. The highest BCUT2D eigenvalue weighted by molar-refractivity contribution is 5.54. The average molecular weight is 98.1 g/mol. The fourth-order valence-corrected chi connectivity index (χ4v) is 0.192. The SMILES string of the molecule is C/C=N\C=C(/C)N. The Hall–Kier alpha value is -0.790. The minimum Gasteiger partial charge on any atom is -0.401 e. The van der Waals surface area contributed by atoms with E-state index in [9.17, 15) is 0 Å². The van der Waals surface area contributed by atoms with Gasteiger partial charge in [0.2, 0.25) is 0 Å². The summed E-state index contributed by atoms with van der Waals surface area (Å²) >= 11 is 0. The molecule has 0 aliphatic rings. The molecule has 0 saturated heterocycles. The van der Waals surface area contributed by atoms with Crippen LogP contribution >= 0.6 is 0 Å². The molecule has 0 bridgehead atoms. The summed E-state index contributed by atoms with van der Waals surface area (Å²) in [6.45, 7) is 3.65. The molecule has 0 heterocycles. The third kappa shape index (κ3) is 5.21. The zero-order chi connectivity index (χ0) is 5.70. The first kappa shape index (κ1) is 6.21. The van der Waals surface area contributed by atoms with Gasteiger partial charge in [-0.15, -0.1) is 0 Å². The lowest BCUT2D eigenvalue weighted by Gasteiger charge is -1.79. The van der Waals surface area contributed by atoms with Gasteiger partial charge in [0.15, 0.2) is 0 Å². The van der Waals surface area contributed by atoms with Gasteiger partial charge >= 0.3 is 0 Å². The van der Waals surface area contributed by atoms with E-state index in [1.165, 1.54) is 0 Å². The summed E-state index contributed by atoms with van der Waals surface area (Å²) in [6, 6.07) is 0. The van der Waals surface area contributed by atoms with Gasteiger partial charge in [0.1, 0.15) is 0 Å². The first-order chi connectivity index (χ1) is 3.27. The van der Waals surface area contributed by atoms with E-state index in [-0.39, 0.29) is 0 Å². The van der Waals surface area contributed by atoms with Gasteiger partial charge < -0.3 is 5.73 Å². The van der Waals surface area contributed by atoms with Crippen LogP contribution in [0.3, 0.4) is 0 Å². The van der Waals surface area contributed by atoms with Crippen molar-refractivity contribution in [2.45, 2.75) is 13.8 Å². The summed E-state index contributed by atoms with van der Waals surface area (Å²) in [5.41, 5.74) is 5.96. The number of rotatable bonds is 1. The highest BCUT2D eigenvalue weighted by Crippen LogP contribution is 1.77. The lowest BCUT2D eigenvalue weighted by molar-refractivity contribution is 1.28. The van der Waals surface area contributed by atoms with Crippen LogP contribution in [0, 0.1) is 0 Å². The Morgan fingerprint density at radius 2 is 2.29 bits per heavy atom. The maximum absolute atomic E-state index is 5.23. The normalized spacial score (nSPS) is 13.1. The van der Waals surface area contributed by atoms with Gasteiger partial charge in [-0.05, 0) is 13.8 Å². The molecule has 0 fully saturated rings. The first-order valence-electron chi connectivity index (χ1n) is 2.17. The lowest BCUT2D eigenvalue weighted by atomic mass is 10.6. The summed E-state index contributed by atoms with van der Waals surface area (Å²) < 4.78 is 0. The van der Waals surface area contributed by atoms with Crippen molar-refractivity contribution < 1.29 is 0 Å². The minimum atomic E-state index is 0.734. The molecule has 0 aliphatic heterocycles. The highest BCUT2D eigenvalue weighted by atomic mass is 14.7. The van der Waals surface area contributed by atoms with Crippen LogP contribution in [0.4, 0.5) is 0 Å². The average Bonchev–Trinajstić information content (AvgIpc) is 1.61. The number of allylic oxidation sites excluding steroid dienone is 1. The van der Waals surface area contributed by atoms with Crippen LogP contribution in [-0.2, 0) is 0 Å². The molecule has 0 aromatic rings. The van der Waals surface area contributed by atoms with E-state index in [1.807, 2.05) is 6.92 Å². The third-order valence-corrected chi connectivity index (χ3v) is 0.427. The van der Waals surface area contributed by atoms with Crippen LogP contribution < -0.4 is 5.73 Å². The molecule has 0 atom stereocenters. The topological polar surface area (TPSA) is 38.4 Å². The van der Waals surface area contributed by atoms with Crippen LogP contribution in [0.15, 0.2) is 16.9 Å². The van der Waals surface area contributed by atoms with E-state index < -0.39 is 0 Å². The number of nitrogens with two attached hydrogens (primary N) is 1.